The van der Waals surface area contributed by atoms with Gasteiger partial charge in [-0.1, -0.05) is 24.3 Å². The van der Waals surface area contributed by atoms with E-state index in [1.54, 1.807) is 0 Å². The van der Waals surface area contributed by atoms with Crippen LogP contribution in [0.1, 0.15) is 80.7 Å². The van der Waals surface area contributed by atoms with Crippen LogP contribution in [0.15, 0.2) is 42.5 Å². The first kappa shape index (κ1) is 28.5. The fourth-order valence-electron chi connectivity index (χ4n) is 5.10. The van der Waals surface area contributed by atoms with E-state index >= 15 is 0 Å². The number of anilines is 1. The molecule has 1 unspecified atom stereocenters. The van der Waals surface area contributed by atoms with E-state index in [0.29, 0.717) is 5.69 Å². The van der Waals surface area contributed by atoms with E-state index in [-0.39, 0.29) is 24.0 Å². The second-order valence-corrected chi connectivity index (χ2v) is 12.1. The molecule has 0 aromatic heterocycles. The number of hydrogen-bond donors (Lipinski definition) is 3. The third kappa shape index (κ3) is 5.13. The number of urea groups is 1. The molecule has 5 rings (SSSR count). The molecule has 0 radical (unpaired) electrons. The summed E-state index contributed by atoms with van der Waals surface area (Å²) < 4.78 is 12.2. The Labute approximate surface area is 238 Å². The Hall–Kier alpha value is -4.03. The normalized spacial score (nSPS) is 21.6. The van der Waals surface area contributed by atoms with Crippen LogP contribution < -0.4 is 21.4 Å². The molecule has 3 aliphatic heterocycles. The van der Waals surface area contributed by atoms with Crippen molar-refractivity contribution in [2.75, 3.05) is 5.32 Å². The number of rotatable bonds is 5. The lowest BCUT2D eigenvalue weighted by molar-refractivity contribution is -0.136. The van der Waals surface area contributed by atoms with Crippen LogP contribution in [-0.4, -0.2) is 58.9 Å². The summed E-state index contributed by atoms with van der Waals surface area (Å²) in [6.45, 7) is 11.7. The van der Waals surface area contributed by atoms with Crippen molar-refractivity contribution < 1.29 is 33.3 Å². The molecule has 3 N–H and O–H groups in total. The molecule has 3 aliphatic rings. The van der Waals surface area contributed by atoms with Gasteiger partial charge in [0.1, 0.15) is 6.04 Å². The lowest BCUT2D eigenvalue weighted by Crippen LogP contribution is -2.54. The first-order valence-electron chi connectivity index (χ1n) is 13.5. The summed E-state index contributed by atoms with van der Waals surface area (Å²) in [4.78, 5) is 63.6. The molecule has 1 atom stereocenters. The van der Waals surface area contributed by atoms with Crippen LogP contribution >= 0.6 is 0 Å². The SMILES string of the molecule is CC(C)(NC(=O)Nc1ccc2c(c1)C(=O)N(C1CCC(=O)NC1=O)C2=O)c1ccc(B2OC(C)(C)C(C)(C)O2)cc1. The van der Waals surface area contributed by atoms with E-state index < -0.39 is 59.6 Å². The van der Waals surface area contributed by atoms with Gasteiger partial charge < -0.3 is 19.9 Å². The number of carbonyl (C=O) groups excluding carboxylic acids is 5. The third-order valence-corrected chi connectivity index (χ3v) is 8.28. The zero-order valence-electron chi connectivity index (χ0n) is 23.9. The summed E-state index contributed by atoms with van der Waals surface area (Å²) >= 11 is 0. The van der Waals surface area contributed by atoms with E-state index in [4.69, 9.17) is 9.31 Å². The van der Waals surface area contributed by atoms with Crippen LogP contribution in [0, 0.1) is 0 Å². The van der Waals surface area contributed by atoms with Crippen LogP contribution in [0.5, 0.6) is 0 Å². The molecule has 214 valence electrons. The summed E-state index contributed by atoms with van der Waals surface area (Å²) in [5.41, 5.74) is 0.576. The van der Waals surface area contributed by atoms with Gasteiger partial charge in [0.05, 0.1) is 27.9 Å². The second-order valence-electron chi connectivity index (χ2n) is 12.1. The third-order valence-electron chi connectivity index (χ3n) is 8.28. The Morgan fingerprint density at radius 1 is 0.951 bits per heavy atom. The minimum Gasteiger partial charge on any atom is -0.399 e. The Morgan fingerprint density at radius 3 is 2.17 bits per heavy atom. The monoisotopic (exact) mass is 560 g/mol. The molecule has 0 aliphatic carbocycles. The highest BCUT2D eigenvalue weighted by atomic mass is 16.7. The summed E-state index contributed by atoms with van der Waals surface area (Å²) in [6, 6.07) is 10.4. The standard InChI is InChI=1S/C29H33BN4O7/c1-27(2,16-7-9-17(10-8-16)30-40-28(3,4)29(5,6)41-30)33-26(39)31-18-11-12-19-20(15-18)25(38)34(24(19)37)21-13-14-22(35)32-23(21)36/h7-12,15,21H,13-14H2,1-6H3,(H2,31,33,39)(H,32,35,36). The van der Waals surface area contributed by atoms with E-state index in [1.165, 1.54) is 18.2 Å². The van der Waals surface area contributed by atoms with Crippen molar-refractivity contribution in [1.29, 1.82) is 0 Å². The van der Waals surface area contributed by atoms with E-state index in [1.807, 2.05) is 65.8 Å². The predicted molar refractivity (Wildman–Crippen MR) is 150 cm³/mol. The van der Waals surface area contributed by atoms with Crippen molar-refractivity contribution in [3.63, 3.8) is 0 Å². The van der Waals surface area contributed by atoms with Gasteiger partial charge in [0.25, 0.3) is 11.8 Å². The van der Waals surface area contributed by atoms with Gasteiger partial charge in [-0.3, -0.25) is 29.4 Å². The van der Waals surface area contributed by atoms with Crippen LogP contribution in [0.4, 0.5) is 10.5 Å². The molecule has 6 amide bonds. The quantitative estimate of drug-likeness (QED) is 0.377. The molecular weight excluding hydrogens is 527 g/mol. The summed E-state index contributed by atoms with van der Waals surface area (Å²) in [7, 11) is -0.492. The maximum atomic E-state index is 13.1. The number of nitrogens with one attached hydrogen (secondary N) is 3. The van der Waals surface area contributed by atoms with Crippen LogP contribution in [0.2, 0.25) is 0 Å². The number of amides is 6. The largest absolute Gasteiger partial charge is 0.494 e. The molecule has 0 spiro atoms. The van der Waals surface area contributed by atoms with Gasteiger partial charge in [0.15, 0.2) is 0 Å². The zero-order chi connectivity index (χ0) is 29.9. The number of fused-ring (bicyclic) bond motifs is 1. The zero-order valence-corrected chi connectivity index (χ0v) is 23.9. The van der Waals surface area contributed by atoms with E-state index in [2.05, 4.69) is 16.0 Å². The molecule has 3 heterocycles. The van der Waals surface area contributed by atoms with Gasteiger partial charge >= 0.3 is 13.1 Å². The average Bonchev–Trinajstić information content (AvgIpc) is 3.25. The first-order valence-corrected chi connectivity index (χ1v) is 13.5. The smallest absolute Gasteiger partial charge is 0.399 e. The molecule has 11 nitrogen and oxygen atoms in total. The van der Waals surface area contributed by atoms with Crippen LogP contribution in [0.3, 0.4) is 0 Å². The molecule has 2 saturated heterocycles. The average molecular weight is 560 g/mol. The summed E-state index contributed by atoms with van der Waals surface area (Å²) in [5.74, 6) is -2.38. The molecule has 2 aromatic rings. The van der Waals surface area contributed by atoms with Gasteiger partial charge in [-0.05, 0) is 77.2 Å². The number of imide groups is 2. The number of hydrogen-bond acceptors (Lipinski definition) is 7. The minimum absolute atomic E-state index is 0.0355. The second kappa shape index (κ2) is 9.81. The summed E-state index contributed by atoms with van der Waals surface area (Å²) in [6.07, 6.45) is 0.101. The number of benzene rings is 2. The van der Waals surface area contributed by atoms with E-state index in [0.717, 1.165) is 15.9 Å². The highest BCUT2D eigenvalue weighted by Crippen LogP contribution is 2.36. The maximum Gasteiger partial charge on any atom is 0.494 e. The molecular formula is C29H33BN4O7. The number of carbonyl (C=O) groups is 5. The fraction of sp³-hybridized carbons (Fsp3) is 0.414. The van der Waals surface area contributed by atoms with Gasteiger partial charge in [0.2, 0.25) is 11.8 Å². The Kier molecular flexibility index (Phi) is 6.82. The molecule has 12 heteroatoms. The minimum atomic E-state index is -1.06. The Bertz CT molecular complexity index is 1450. The van der Waals surface area contributed by atoms with Gasteiger partial charge in [-0.15, -0.1) is 0 Å². The van der Waals surface area contributed by atoms with Gasteiger partial charge in [-0.25, -0.2) is 4.79 Å². The highest BCUT2D eigenvalue weighted by molar-refractivity contribution is 6.62. The lowest BCUT2D eigenvalue weighted by Gasteiger charge is -2.32. The lowest BCUT2D eigenvalue weighted by atomic mass is 9.78. The molecule has 2 fully saturated rings. The van der Waals surface area contributed by atoms with Crippen LogP contribution in [0.25, 0.3) is 0 Å². The molecule has 0 bridgehead atoms. The Morgan fingerprint density at radius 2 is 1.56 bits per heavy atom. The summed E-state index contributed by atoms with van der Waals surface area (Å²) in [5, 5.41) is 7.82. The van der Waals surface area contributed by atoms with E-state index in [9.17, 15) is 24.0 Å². The van der Waals surface area contributed by atoms with Crippen molar-refractivity contribution in [1.82, 2.24) is 15.5 Å². The van der Waals surface area contributed by atoms with Crippen molar-refractivity contribution in [2.45, 2.75) is 77.2 Å². The van der Waals surface area contributed by atoms with Crippen molar-refractivity contribution in [2.24, 2.45) is 0 Å². The number of piperidine rings is 1. The van der Waals surface area contributed by atoms with Crippen molar-refractivity contribution in [3.8, 4) is 0 Å². The van der Waals surface area contributed by atoms with Gasteiger partial charge in [0, 0.05) is 12.1 Å². The topological polar surface area (TPSA) is 143 Å². The van der Waals surface area contributed by atoms with Gasteiger partial charge in [-0.2, -0.15) is 0 Å². The molecule has 2 aromatic carbocycles. The molecule has 41 heavy (non-hydrogen) atoms. The highest BCUT2D eigenvalue weighted by Gasteiger charge is 2.51. The fourth-order valence-corrected chi connectivity index (χ4v) is 5.10. The predicted octanol–water partition coefficient (Wildman–Crippen LogP) is 2.44. The molecule has 0 saturated carbocycles. The Balaban J connectivity index is 1.24. The van der Waals surface area contributed by atoms with Crippen molar-refractivity contribution in [3.05, 3.63) is 59.2 Å². The van der Waals surface area contributed by atoms with Crippen molar-refractivity contribution >= 4 is 47.9 Å². The number of nitrogens with zero attached hydrogens (tertiary/aromatic N) is 1. The van der Waals surface area contributed by atoms with Crippen LogP contribution in [-0.2, 0) is 24.4 Å². The first-order chi connectivity index (χ1) is 19.1. The maximum absolute atomic E-state index is 13.1.